The topological polar surface area (TPSA) is 260 Å². The van der Waals surface area contributed by atoms with Crippen molar-refractivity contribution in [2.45, 2.75) is 78.0 Å². The molecule has 0 aliphatic heterocycles. The van der Waals surface area contributed by atoms with Gasteiger partial charge in [0.1, 0.15) is 42.5 Å². The standard InChI is InChI=1S/C34H40N2O12S2.2Na/c1-13(2)23-19-9-15(5)25(31(39)27(19)21(29(37)33(23)41)11-35-17(7)49(43,44)45)26-16(6)10-20-24(14(3)4)34(42)30(38)22(28(20)32(26)40)12-36-18(8)50(46,47)48;;/h9-14,17-18,37-42H,1-8H3,(H,43,44,45)(H,46,47,48);;/q;2*+1/p-2. The zero-order valence-electron chi connectivity index (χ0n) is 30.5. The molecule has 0 aliphatic rings. The van der Waals surface area contributed by atoms with Gasteiger partial charge in [-0.1, -0.05) is 39.8 Å². The second kappa shape index (κ2) is 16.4. The quantitative estimate of drug-likeness (QED) is 0.0538. The van der Waals surface area contributed by atoms with Crippen LogP contribution in [0.25, 0.3) is 32.7 Å². The minimum atomic E-state index is -4.90. The van der Waals surface area contributed by atoms with Crippen LogP contribution in [0.15, 0.2) is 22.1 Å². The number of aliphatic imine (C=N–C) groups is 2. The maximum atomic E-state index is 12.0. The van der Waals surface area contributed by atoms with Gasteiger partial charge in [0, 0.05) is 56.6 Å². The minimum absolute atomic E-state index is 0. The molecule has 6 N–H and O–H groups in total. The molecule has 18 heteroatoms. The molecule has 0 radical (unpaired) electrons. The third kappa shape index (κ3) is 8.21. The Labute approximate surface area is 346 Å². The van der Waals surface area contributed by atoms with Crippen LogP contribution in [-0.2, 0) is 20.2 Å². The number of benzene rings is 4. The van der Waals surface area contributed by atoms with Gasteiger partial charge in [0.15, 0.2) is 23.0 Å². The second-order valence-electron chi connectivity index (χ2n) is 12.8. The molecule has 14 nitrogen and oxygen atoms in total. The fourth-order valence-corrected chi connectivity index (χ4v) is 6.55. The van der Waals surface area contributed by atoms with Gasteiger partial charge < -0.3 is 39.7 Å². The zero-order valence-corrected chi connectivity index (χ0v) is 36.1. The van der Waals surface area contributed by atoms with Gasteiger partial charge in [-0.05, 0) is 61.4 Å². The zero-order chi connectivity index (χ0) is 37.9. The first-order valence-electron chi connectivity index (χ1n) is 15.4. The first-order chi connectivity index (χ1) is 22.9. The van der Waals surface area contributed by atoms with E-state index >= 15 is 0 Å². The van der Waals surface area contributed by atoms with E-state index in [2.05, 4.69) is 9.98 Å². The van der Waals surface area contributed by atoms with Gasteiger partial charge in [-0.2, -0.15) is 0 Å². The van der Waals surface area contributed by atoms with Gasteiger partial charge in [-0.25, -0.2) is 16.8 Å². The molecule has 4 rings (SSSR count). The number of phenols is 6. The summed E-state index contributed by atoms with van der Waals surface area (Å²) in [5.74, 6) is -4.54. The van der Waals surface area contributed by atoms with Crippen LogP contribution in [0, 0.1) is 13.8 Å². The van der Waals surface area contributed by atoms with Crippen LogP contribution < -0.4 is 59.1 Å². The van der Waals surface area contributed by atoms with Crippen molar-refractivity contribution in [2.24, 2.45) is 9.98 Å². The number of hydrogen-bond donors (Lipinski definition) is 6. The molecule has 0 saturated heterocycles. The van der Waals surface area contributed by atoms with Crippen molar-refractivity contribution >= 4 is 54.2 Å². The first kappa shape index (κ1) is 45.5. The largest absolute Gasteiger partial charge is 1.00 e. The number of phenolic OH excluding ortho intramolecular Hbond substituents is 6. The van der Waals surface area contributed by atoms with E-state index in [1.807, 2.05) is 0 Å². The van der Waals surface area contributed by atoms with Gasteiger partial charge in [-0.3, -0.25) is 9.98 Å². The summed E-state index contributed by atoms with van der Waals surface area (Å²) < 4.78 is 69.4. The Morgan fingerprint density at radius 3 is 1.10 bits per heavy atom. The van der Waals surface area contributed by atoms with Gasteiger partial charge in [-0.15, -0.1) is 0 Å². The van der Waals surface area contributed by atoms with Crippen LogP contribution in [0.4, 0.5) is 0 Å². The molecule has 4 aromatic carbocycles. The Morgan fingerprint density at radius 2 is 0.846 bits per heavy atom. The van der Waals surface area contributed by atoms with Gasteiger partial charge in [0.25, 0.3) is 0 Å². The average Bonchev–Trinajstić information content (AvgIpc) is 2.98. The fraction of sp³-hybridized carbons (Fsp3) is 0.353. The monoisotopic (exact) mass is 776 g/mol. The molecule has 52 heavy (non-hydrogen) atoms. The van der Waals surface area contributed by atoms with Crippen molar-refractivity contribution in [1.29, 1.82) is 0 Å². The van der Waals surface area contributed by atoms with Crippen molar-refractivity contribution in [3.05, 3.63) is 45.5 Å². The van der Waals surface area contributed by atoms with Gasteiger partial charge >= 0.3 is 59.1 Å². The Bertz CT molecular complexity index is 2190. The predicted octanol–water partition coefficient (Wildman–Crippen LogP) is -0.615. The third-order valence-corrected chi connectivity index (χ3v) is 10.6. The summed E-state index contributed by atoms with van der Waals surface area (Å²) in [6, 6.07) is 3.15. The normalized spacial score (nSPS) is 13.7. The van der Waals surface area contributed by atoms with E-state index in [1.54, 1.807) is 53.7 Å². The smallest absolute Gasteiger partial charge is 0.746 e. The molecule has 0 fully saturated rings. The summed E-state index contributed by atoms with van der Waals surface area (Å²) in [6.45, 7) is 12.1. The summed E-state index contributed by atoms with van der Waals surface area (Å²) in [7, 11) is -9.79. The number of aromatic hydroxyl groups is 6. The summed E-state index contributed by atoms with van der Waals surface area (Å²) in [6.07, 6.45) is 1.70. The van der Waals surface area contributed by atoms with Crippen LogP contribution in [0.1, 0.15) is 86.8 Å². The van der Waals surface area contributed by atoms with E-state index in [-0.39, 0.29) is 114 Å². The molecule has 0 bridgehead atoms. The molecule has 2 atom stereocenters. The van der Waals surface area contributed by atoms with Crippen LogP contribution in [0.5, 0.6) is 34.5 Å². The summed E-state index contributed by atoms with van der Waals surface area (Å²) >= 11 is 0. The number of nitrogens with zero attached hydrogens (tertiary/aromatic N) is 2. The maximum absolute atomic E-state index is 12.0. The second-order valence-corrected chi connectivity index (χ2v) is 16.1. The molecule has 0 saturated carbocycles. The van der Waals surface area contributed by atoms with Crippen molar-refractivity contribution < 1.29 is 116 Å². The maximum Gasteiger partial charge on any atom is 1.00 e. The number of hydrogen-bond acceptors (Lipinski definition) is 14. The number of fused-ring (bicyclic) bond motifs is 2. The van der Waals surface area contributed by atoms with Gasteiger partial charge in [0.2, 0.25) is 0 Å². The molecule has 0 heterocycles. The Balaban J connectivity index is 0.00000468. The molecular weight excluding hydrogens is 738 g/mol. The molecular formula is C34H38N2Na2O12S2. The van der Waals surface area contributed by atoms with E-state index in [0.29, 0.717) is 11.1 Å². The third-order valence-electron chi connectivity index (χ3n) is 8.65. The van der Waals surface area contributed by atoms with Crippen molar-refractivity contribution in [3.8, 4) is 45.6 Å². The van der Waals surface area contributed by atoms with Crippen LogP contribution >= 0.6 is 0 Å². The van der Waals surface area contributed by atoms with E-state index < -0.39 is 77.3 Å². The minimum Gasteiger partial charge on any atom is -0.746 e. The molecule has 0 aromatic heterocycles. The number of aryl methyl sites for hydroxylation is 2. The summed E-state index contributed by atoms with van der Waals surface area (Å²) in [5.41, 5.74) is 0.533. The van der Waals surface area contributed by atoms with E-state index in [4.69, 9.17) is 0 Å². The predicted molar refractivity (Wildman–Crippen MR) is 188 cm³/mol. The molecule has 4 aromatic rings. The van der Waals surface area contributed by atoms with Crippen molar-refractivity contribution in [3.63, 3.8) is 0 Å². The fourth-order valence-electron chi connectivity index (χ4n) is 6.13. The SMILES string of the molecule is Cc1cc2c(C(C)C)c(O)c(O)c(C=NC(C)S(=O)(=O)[O-])c2c(O)c1-c1c(C)cc2c(C(C)C)c(O)c(O)c(C=NC(C)S(=O)(=O)[O-])c2c1O.[Na+].[Na+]. The van der Waals surface area contributed by atoms with Crippen LogP contribution in [0.2, 0.25) is 0 Å². The van der Waals surface area contributed by atoms with E-state index in [0.717, 1.165) is 26.3 Å². The van der Waals surface area contributed by atoms with Crippen molar-refractivity contribution in [1.82, 2.24) is 0 Å². The van der Waals surface area contributed by atoms with E-state index in [9.17, 15) is 56.6 Å². The molecule has 0 spiro atoms. The Hall–Kier alpha value is -2.64. The Morgan fingerprint density at radius 1 is 0.558 bits per heavy atom. The van der Waals surface area contributed by atoms with E-state index in [1.165, 1.54) is 0 Å². The van der Waals surface area contributed by atoms with Crippen LogP contribution in [0.3, 0.4) is 0 Å². The summed E-state index contributed by atoms with van der Waals surface area (Å²) in [5, 5.41) is 65.1. The average molecular weight is 777 g/mol. The van der Waals surface area contributed by atoms with Crippen molar-refractivity contribution in [2.75, 3.05) is 0 Å². The van der Waals surface area contributed by atoms with Gasteiger partial charge in [0.05, 0.1) is 0 Å². The Kier molecular flexibility index (Phi) is 14.3. The molecule has 2 unspecified atom stereocenters. The number of rotatable bonds is 9. The molecule has 0 aliphatic carbocycles. The first-order valence-corrected chi connectivity index (χ1v) is 18.3. The molecule has 270 valence electrons. The summed E-state index contributed by atoms with van der Waals surface area (Å²) in [4.78, 5) is 7.51. The van der Waals surface area contributed by atoms with Crippen LogP contribution in [-0.4, -0.2) is 79.8 Å². The molecule has 0 amide bonds.